The number of fused-ring (bicyclic) bond motifs is 6. The quantitative estimate of drug-likeness (QED) is 0.326. The van der Waals surface area contributed by atoms with Crippen LogP contribution in [0.25, 0.3) is 12.2 Å². The Balaban J connectivity index is 0.000000181. The first-order chi connectivity index (χ1) is 21.9. The van der Waals surface area contributed by atoms with Gasteiger partial charge in [0.2, 0.25) is 0 Å². The van der Waals surface area contributed by atoms with Gasteiger partial charge in [-0.2, -0.15) is 21.0 Å². The second-order valence-electron chi connectivity index (χ2n) is 13.6. The lowest BCUT2D eigenvalue weighted by molar-refractivity contribution is -0.144. The van der Waals surface area contributed by atoms with Gasteiger partial charge in [-0.3, -0.25) is 9.59 Å². The standard InChI is InChI=1S/2C19H17ClN2O/c2*1-18-9-8-15(17(23)10-18)16(19(18,11-21)12-22)7-4-13-2-5-14(20)6-3-13/h2*2-7,15-16H,8-10H2,1H3/b2*7-4+/t2*15-,16-,18-/m11/s1. The van der Waals surface area contributed by atoms with Crippen LogP contribution in [0.3, 0.4) is 0 Å². The summed E-state index contributed by atoms with van der Waals surface area (Å²) in [6.45, 7) is 3.83. The molecule has 2 aromatic carbocycles. The van der Waals surface area contributed by atoms with Crippen molar-refractivity contribution in [3.05, 3.63) is 81.9 Å². The fourth-order valence-electron chi connectivity index (χ4n) is 8.34. The van der Waals surface area contributed by atoms with Gasteiger partial charge < -0.3 is 0 Å². The molecule has 8 rings (SSSR count). The van der Waals surface area contributed by atoms with Gasteiger partial charge in [-0.15, -0.1) is 0 Å². The van der Waals surface area contributed by atoms with Gasteiger partial charge in [0.05, 0.1) is 24.3 Å². The lowest BCUT2D eigenvalue weighted by Crippen LogP contribution is -2.57. The molecular weight excluding hydrogens is 615 g/mol. The first-order valence-electron chi connectivity index (χ1n) is 15.5. The topological polar surface area (TPSA) is 129 Å². The van der Waals surface area contributed by atoms with E-state index in [-0.39, 0.29) is 35.2 Å². The van der Waals surface area contributed by atoms with Crippen LogP contribution in [0.15, 0.2) is 60.7 Å². The van der Waals surface area contributed by atoms with Crippen LogP contribution in [0.4, 0.5) is 0 Å². The van der Waals surface area contributed by atoms with E-state index in [1.54, 1.807) is 24.3 Å². The zero-order valence-corrected chi connectivity index (χ0v) is 27.4. The summed E-state index contributed by atoms with van der Waals surface area (Å²) in [5, 5.41) is 40.5. The monoisotopic (exact) mass is 648 g/mol. The van der Waals surface area contributed by atoms with Gasteiger partial charge in [-0.05, 0) is 61.1 Å². The number of allylic oxidation sites excluding steroid dienone is 2. The highest BCUT2D eigenvalue weighted by Gasteiger charge is 2.65. The smallest absolute Gasteiger partial charge is 0.156 e. The van der Waals surface area contributed by atoms with Crippen LogP contribution < -0.4 is 0 Å². The Morgan fingerprint density at radius 2 is 0.957 bits per heavy atom. The first kappa shape index (κ1) is 33.2. The molecule has 0 saturated heterocycles. The van der Waals surface area contributed by atoms with E-state index < -0.39 is 21.7 Å². The predicted octanol–water partition coefficient (Wildman–Crippen LogP) is 8.78. The molecule has 6 nitrogen and oxygen atoms in total. The Labute approximate surface area is 280 Å². The third-order valence-corrected chi connectivity index (χ3v) is 11.7. The molecule has 0 amide bonds. The van der Waals surface area contributed by atoms with E-state index in [9.17, 15) is 30.6 Å². The highest BCUT2D eigenvalue weighted by Crippen LogP contribution is 2.63. The Morgan fingerprint density at radius 3 is 1.24 bits per heavy atom. The predicted molar refractivity (Wildman–Crippen MR) is 176 cm³/mol. The van der Waals surface area contributed by atoms with Crippen molar-refractivity contribution >= 4 is 46.9 Å². The van der Waals surface area contributed by atoms with E-state index in [1.165, 1.54) is 0 Å². The molecular formula is C38H34Cl2N4O2. The number of nitrogens with zero attached hydrogens (tertiary/aromatic N) is 4. The minimum atomic E-state index is -1.13. The maximum absolute atomic E-state index is 12.4. The molecule has 232 valence electrons. The van der Waals surface area contributed by atoms with Crippen LogP contribution in [0.1, 0.15) is 63.5 Å². The minimum absolute atomic E-state index is 0.186. The number of nitriles is 4. The van der Waals surface area contributed by atoms with E-state index in [4.69, 9.17) is 23.2 Å². The zero-order valence-electron chi connectivity index (χ0n) is 25.8. The van der Waals surface area contributed by atoms with Crippen molar-refractivity contribution in [2.45, 2.75) is 52.4 Å². The number of benzene rings is 2. The molecule has 0 N–H and O–H groups in total. The van der Waals surface area contributed by atoms with Crippen molar-refractivity contribution in [1.82, 2.24) is 0 Å². The molecule has 0 unspecified atom stereocenters. The van der Waals surface area contributed by atoms with Gasteiger partial charge in [-0.25, -0.2) is 0 Å². The Hall–Kier alpha value is -4.20. The number of halogens is 2. The molecule has 0 spiro atoms. The second kappa shape index (κ2) is 12.5. The summed E-state index contributed by atoms with van der Waals surface area (Å²) >= 11 is 11.8. The lowest BCUT2D eigenvalue weighted by atomic mass is 9.44. The fraction of sp³-hybridized carbons (Fsp3) is 0.421. The number of ketones is 2. The number of hydrogen-bond donors (Lipinski definition) is 0. The highest BCUT2D eigenvalue weighted by atomic mass is 35.5. The average molecular weight is 650 g/mol. The van der Waals surface area contributed by atoms with Crippen LogP contribution >= 0.6 is 23.2 Å². The van der Waals surface area contributed by atoms with Crippen molar-refractivity contribution in [1.29, 1.82) is 21.0 Å². The molecule has 0 radical (unpaired) electrons. The highest BCUT2D eigenvalue weighted by molar-refractivity contribution is 6.30. The summed E-state index contributed by atoms with van der Waals surface area (Å²) in [6.07, 6.45) is 11.3. The summed E-state index contributed by atoms with van der Waals surface area (Å²) in [4.78, 5) is 24.8. The summed E-state index contributed by atoms with van der Waals surface area (Å²) in [5.41, 5.74) is -1.50. The maximum Gasteiger partial charge on any atom is 0.156 e. The molecule has 2 aromatic rings. The van der Waals surface area contributed by atoms with Crippen molar-refractivity contribution in [2.75, 3.05) is 0 Å². The number of Topliss-reactive ketones (excluding diaryl/α,β-unsaturated/α-hetero) is 2. The molecule has 0 heterocycles. The van der Waals surface area contributed by atoms with E-state index in [0.29, 0.717) is 22.9 Å². The van der Waals surface area contributed by atoms with E-state index in [1.807, 2.05) is 62.4 Å². The van der Waals surface area contributed by atoms with Gasteiger partial charge in [0, 0.05) is 57.4 Å². The van der Waals surface area contributed by atoms with Gasteiger partial charge in [-0.1, -0.05) is 85.6 Å². The van der Waals surface area contributed by atoms with Crippen LogP contribution in [-0.4, -0.2) is 11.6 Å². The van der Waals surface area contributed by atoms with Crippen LogP contribution in [0.2, 0.25) is 10.0 Å². The third-order valence-electron chi connectivity index (χ3n) is 11.2. The molecule has 4 bridgehead atoms. The Bertz CT molecular complexity index is 1610. The average Bonchev–Trinajstić information content (AvgIpc) is 3.04. The van der Waals surface area contributed by atoms with Gasteiger partial charge in [0.25, 0.3) is 0 Å². The number of rotatable bonds is 4. The van der Waals surface area contributed by atoms with Crippen molar-refractivity contribution in [2.24, 2.45) is 45.3 Å². The Morgan fingerprint density at radius 1 is 0.630 bits per heavy atom. The number of carbonyl (C=O) groups is 2. The third kappa shape index (κ3) is 5.35. The second-order valence-corrected chi connectivity index (χ2v) is 14.5. The first-order valence-corrected chi connectivity index (χ1v) is 16.2. The minimum Gasteiger partial charge on any atom is -0.299 e. The fourth-order valence-corrected chi connectivity index (χ4v) is 8.59. The molecule has 6 saturated carbocycles. The number of hydrogen-bond acceptors (Lipinski definition) is 6. The molecule has 6 aliphatic rings. The van der Waals surface area contributed by atoms with Crippen LogP contribution in [0, 0.1) is 90.7 Å². The normalized spacial score (nSPS) is 31.7. The van der Waals surface area contributed by atoms with Crippen molar-refractivity contribution < 1.29 is 9.59 Å². The zero-order chi connectivity index (χ0) is 33.3. The number of carbonyl (C=O) groups excluding carboxylic acids is 2. The molecule has 6 fully saturated rings. The van der Waals surface area contributed by atoms with E-state index in [0.717, 1.165) is 36.8 Å². The largest absolute Gasteiger partial charge is 0.299 e. The lowest BCUT2D eigenvalue weighted by Gasteiger charge is -2.55. The molecule has 6 atom stereocenters. The molecule has 8 heteroatoms. The summed E-state index contributed by atoms with van der Waals surface area (Å²) in [5.74, 6) is -0.781. The van der Waals surface area contributed by atoms with E-state index >= 15 is 0 Å². The summed E-state index contributed by atoms with van der Waals surface area (Å²) in [6, 6.07) is 23.8. The molecule has 6 aliphatic carbocycles. The van der Waals surface area contributed by atoms with Gasteiger partial charge >= 0.3 is 0 Å². The van der Waals surface area contributed by atoms with Crippen LogP contribution in [-0.2, 0) is 9.59 Å². The summed E-state index contributed by atoms with van der Waals surface area (Å²) in [7, 11) is 0. The van der Waals surface area contributed by atoms with Crippen molar-refractivity contribution in [3.8, 4) is 24.3 Å². The maximum atomic E-state index is 12.4. The van der Waals surface area contributed by atoms with E-state index in [2.05, 4.69) is 24.3 Å². The van der Waals surface area contributed by atoms with Gasteiger partial charge in [0.1, 0.15) is 11.6 Å². The molecule has 0 aliphatic heterocycles. The molecule has 46 heavy (non-hydrogen) atoms. The van der Waals surface area contributed by atoms with Crippen LogP contribution in [0.5, 0.6) is 0 Å². The SMILES string of the molecule is C[C@@]12CC[C@@H](C(=O)C1)[C@@H](/C=C/c1ccc(Cl)cc1)C2(C#N)C#N.C[C@@]12CC[C@@H](C(=O)C1)[C@@H](/C=C/c1ccc(Cl)cc1)C2(C#N)C#N. The summed E-state index contributed by atoms with van der Waals surface area (Å²) < 4.78 is 0. The van der Waals surface area contributed by atoms with Gasteiger partial charge in [0.15, 0.2) is 10.8 Å². The molecule has 0 aromatic heterocycles. The Kier molecular flexibility index (Phi) is 9.04. The van der Waals surface area contributed by atoms with Crippen molar-refractivity contribution in [3.63, 3.8) is 0 Å².